The van der Waals surface area contributed by atoms with Crippen molar-refractivity contribution in [2.45, 2.75) is 51.1 Å². The first-order valence-corrected chi connectivity index (χ1v) is 5.72. The number of carboxylic acids is 1. The Bertz CT molecular complexity index is 285. The fraction of sp³-hybridized carbons (Fsp3) is 0.818. The summed E-state index contributed by atoms with van der Waals surface area (Å²) in [5, 5.41) is 11.4. The van der Waals surface area contributed by atoms with Crippen molar-refractivity contribution in [2.75, 3.05) is 0 Å². The van der Waals surface area contributed by atoms with E-state index < -0.39 is 17.6 Å². The topological polar surface area (TPSA) is 92.4 Å². The number of aliphatic carboxylic acids is 1. The largest absolute Gasteiger partial charge is 0.480 e. The summed E-state index contributed by atoms with van der Waals surface area (Å²) in [7, 11) is 0. The van der Waals surface area contributed by atoms with Crippen LogP contribution < -0.4 is 11.1 Å². The van der Waals surface area contributed by atoms with Crippen molar-refractivity contribution in [3.63, 3.8) is 0 Å². The molecule has 0 heterocycles. The molecular weight excluding hydrogens is 208 g/mol. The van der Waals surface area contributed by atoms with E-state index in [0.29, 0.717) is 12.8 Å². The summed E-state index contributed by atoms with van der Waals surface area (Å²) < 4.78 is 0. The van der Waals surface area contributed by atoms with Crippen molar-refractivity contribution in [1.29, 1.82) is 0 Å². The predicted octanol–water partition coefficient (Wildman–Crippen LogP) is 0.483. The molecule has 16 heavy (non-hydrogen) atoms. The molecule has 0 aromatic heterocycles. The van der Waals surface area contributed by atoms with Gasteiger partial charge in [0.1, 0.15) is 6.04 Å². The Morgan fingerprint density at radius 3 is 2.50 bits per heavy atom. The third kappa shape index (κ3) is 2.95. The Kier molecular flexibility index (Phi) is 3.91. The van der Waals surface area contributed by atoms with Crippen LogP contribution in [0.25, 0.3) is 0 Å². The summed E-state index contributed by atoms with van der Waals surface area (Å²) in [6.07, 6.45) is 3.04. The molecule has 5 heteroatoms. The van der Waals surface area contributed by atoms with Crippen LogP contribution in [-0.4, -0.2) is 28.6 Å². The lowest BCUT2D eigenvalue weighted by Gasteiger charge is -2.25. The van der Waals surface area contributed by atoms with E-state index in [0.717, 1.165) is 12.8 Å². The smallest absolute Gasteiger partial charge is 0.326 e. The molecule has 0 bridgehead atoms. The van der Waals surface area contributed by atoms with Gasteiger partial charge in [-0.15, -0.1) is 0 Å². The average Bonchev–Trinajstić information content (AvgIpc) is 2.99. The highest BCUT2D eigenvalue weighted by atomic mass is 16.4. The van der Waals surface area contributed by atoms with Crippen LogP contribution in [0.5, 0.6) is 0 Å². The zero-order valence-corrected chi connectivity index (χ0v) is 9.82. The maximum Gasteiger partial charge on any atom is 0.326 e. The van der Waals surface area contributed by atoms with Gasteiger partial charge in [-0.25, -0.2) is 4.79 Å². The Hall–Kier alpha value is -1.10. The molecule has 1 fully saturated rings. The third-order valence-corrected chi connectivity index (χ3v) is 3.10. The van der Waals surface area contributed by atoms with E-state index in [4.69, 9.17) is 10.8 Å². The van der Waals surface area contributed by atoms with Gasteiger partial charge in [0.2, 0.25) is 5.91 Å². The van der Waals surface area contributed by atoms with Crippen molar-refractivity contribution in [3.05, 3.63) is 0 Å². The van der Waals surface area contributed by atoms with Gasteiger partial charge in [-0.3, -0.25) is 4.79 Å². The second kappa shape index (κ2) is 4.82. The number of amides is 1. The molecule has 1 aliphatic rings. The minimum absolute atomic E-state index is 0.198. The van der Waals surface area contributed by atoms with E-state index in [1.165, 1.54) is 0 Å². The molecule has 2 atom stereocenters. The third-order valence-electron chi connectivity index (χ3n) is 3.10. The maximum absolute atomic E-state index is 11.8. The minimum atomic E-state index is -0.998. The lowest BCUT2D eigenvalue weighted by atomic mass is 9.95. The molecule has 1 saturated carbocycles. The summed E-state index contributed by atoms with van der Waals surface area (Å²) in [6.45, 7) is 3.55. The molecule has 1 rings (SSSR count). The van der Waals surface area contributed by atoms with Gasteiger partial charge in [-0.05, 0) is 32.1 Å². The van der Waals surface area contributed by atoms with Crippen LogP contribution >= 0.6 is 0 Å². The summed E-state index contributed by atoms with van der Waals surface area (Å²) in [4.78, 5) is 22.7. The number of carbonyl (C=O) groups excluding carboxylic acids is 1. The van der Waals surface area contributed by atoms with Gasteiger partial charge in [0.05, 0.1) is 5.54 Å². The highest BCUT2D eigenvalue weighted by Gasteiger charge is 2.44. The Balaban J connectivity index is 2.56. The molecule has 0 aromatic rings. The van der Waals surface area contributed by atoms with Crippen LogP contribution in [0, 0.1) is 5.92 Å². The number of nitrogens with two attached hydrogens (primary N) is 1. The second-order valence-corrected chi connectivity index (χ2v) is 4.71. The van der Waals surface area contributed by atoms with E-state index in [1.807, 2.05) is 6.92 Å². The molecule has 1 unspecified atom stereocenters. The summed E-state index contributed by atoms with van der Waals surface area (Å²) in [6, 6.07) is -0.820. The van der Waals surface area contributed by atoms with Crippen molar-refractivity contribution >= 4 is 11.9 Å². The van der Waals surface area contributed by atoms with Crippen molar-refractivity contribution < 1.29 is 14.7 Å². The Labute approximate surface area is 95.4 Å². The normalized spacial score (nSPS) is 20.9. The van der Waals surface area contributed by atoms with Gasteiger partial charge >= 0.3 is 5.97 Å². The Morgan fingerprint density at radius 1 is 1.56 bits per heavy atom. The van der Waals surface area contributed by atoms with Gasteiger partial charge in [-0.1, -0.05) is 13.3 Å². The molecule has 1 aliphatic carbocycles. The average molecular weight is 228 g/mol. The Morgan fingerprint density at radius 2 is 2.12 bits per heavy atom. The first kappa shape index (κ1) is 13.0. The van der Waals surface area contributed by atoms with Gasteiger partial charge in [0, 0.05) is 0 Å². The molecular formula is C11H20N2O3. The highest BCUT2D eigenvalue weighted by molar-refractivity contribution is 5.90. The van der Waals surface area contributed by atoms with E-state index in [1.54, 1.807) is 6.92 Å². The van der Waals surface area contributed by atoms with Crippen LogP contribution in [0.3, 0.4) is 0 Å². The van der Waals surface area contributed by atoms with Crippen molar-refractivity contribution in [1.82, 2.24) is 5.32 Å². The molecule has 1 amide bonds. The summed E-state index contributed by atoms with van der Waals surface area (Å²) in [5.74, 6) is -1.15. The van der Waals surface area contributed by atoms with E-state index in [2.05, 4.69) is 5.32 Å². The van der Waals surface area contributed by atoms with Gasteiger partial charge in [0.15, 0.2) is 0 Å². The van der Waals surface area contributed by atoms with Gasteiger partial charge in [0.25, 0.3) is 0 Å². The SMILES string of the molecule is CCC[C@@H](NC(=O)C(C)(N)C1CC1)C(=O)O. The fourth-order valence-electron chi connectivity index (χ4n) is 1.73. The van der Waals surface area contributed by atoms with E-state index >= 15 is 0 Å². The van der Waals surface area contributed by atoms with Crippen LogP contribution in [-0.2, 0) is 9.59 Å². The van der Waals surface area contributed by atoms with E-state index in [9.17, 15) is 9.59 Å². The maximum atomic E-state index is 11.8. The zero-order chi connectivity index (χ0) is 12.3. The minimum Gasteiger partial charge on any atom is -0.480 e. The predicted molar refractivity (Wildman–Crippen MR) is 59.8 cm³/mol. The van der Waals surface area contributed by atoms with Crippen molar-refractivity contribution in [2.24, 2.45) is 11.7 Å². The lowest BCUT2D eigenvalue weighted by Crippen LogP contribution is -2.57. The van der Waals surface area contributed by atoms with Crippen LogP contribution in [0.4, 0.5) is 0 Å². The van der Waals surface area contributed by atoms with Crippen molar-refractivity contribution in [3.8, 4) is 0 Å². The number of hydrogen-bond donors (Lipinski definition) is 3. The molecule has 0 radical (unpaired) electrons. The number of carbonyl (C=O) groups is 2. The number of hydrogen-bond acceptors (Lipinski definition) is 3. The monoisotopic (exact) mass is 228 g/mol. The first-order valence-electron chi connectivity index (χ1n) is 5.72. The zero-order valence-electron chi connectivity index (χ0n) is 9.82. The van der Waals surface area contributed by atoms with Crippen LogP contribution in [0.1, 0.15) is 39.5 Å². The van der Waals surface area contributed by atoms with Crippen LogP contribution in [0.2, 0.25) is 0 Å². The van der Waals surface area contributed by atoms with E-state index in [-0.39, 0.29) is 11.8 Å². The molecule has 92 valence electrons. The number of nitrogens with one attached hydrogen (secondary N) is 1. The molecule has 4 N–H and O–H groups in total. The molecule has 0 aromatic carbocycles. The second-order valence-electron chi connectivity index (χ2n) is 4.71. The molecule has 0 aliphatic heterocycles. The number of carboxylic acid groups (broad SMARTS) is 1. The molecule has 0 saturated heterocycles. The molecule has 5 nitrogen and oxygen atoms in total. The quantitative estimate of drug-likeness (QED) is 0.616. The number of rotatable bonds is 6. The van der Waals surface area contributed by atoms with Gasteiger partial charge in [-0.2, -0.15) is 0 Å². The first-order chi connectivity index (χ1) is 7.39. The lowest BCUT2D eigenvalue weighted by molar-refractivity contribution is -0.143. The molecule has 0 spiro atoms. The highest BCUT2D eigenvalue weighted by Crippen LogP contribution is 2.38. The summed E-state index contributed by atoms with van der Waals surface area (Å²) >= 11 is 0. The summed E-state index contributed by atoms with van der Waals surface area (Å²) in [5.41, 5.74) is 4.98. The van der Waals surface area contributed by atoms with Crippen LogP contribution in [0.15, 0.2) is 0 Å². The fourth-order valence-corrected chi connectivity index (χ4v) is 1.73. The standard InChI is InChI=1S/C11H20N2O3/c1-3-4-8(9(14)15)13-10(16)11(2,12)7-5-6-7/h7-8H,3-6,12H2,1-2H3,(H,13,16)(H,14,15)/t8-,11?/m1/s1. The van der Waals surface area contributed by atoms with Gasteiger partial charge < -0.3 is 16.2 Å².